The van der Waals surface area contributed by atoms with E-state index in [2.05, 4.69) is 9.36 Å². The lowest BCUT2D eigenvalue weighted by molar-refractivity contribution is 0.588. The van der Waals surface area contributed by atoms with E-state index >= 15 is 0 Å². The van der Waals surface area contributed by atoms with Crippen molar-refractivity contribution < 1.29 is 4.39 Å². The van der Waals surface area contributed by atoms with Crippen LogP contribution in [0.25, 0.3) is 0 Å². The molecule has 72 valence electrons. The predicted molar refractivity (Wildman–Crippen MR) is 52.3 cm³/mol. The van der Waals surface area contributed by atoms with Gasteiger partial charge in [0.25, 0.3) is 0 Å². The van der Waals surface area contributed by atoms with Gasteiger partial charge < -0.3 is 5.73 Å². The van der Waals surface area contributed by atoms with E-state index in [0.717, 1.165) is 4.88 Å². The summed E-state index contributed by atoms with van der Waals surface area (Å²) in [5.41, 5.74) is 6.09. The molecule has 0 amide bonds. The number of nitrogens with two attached hydrogens (primary N) is 1. The van der Waals surface area contributed by atoms with Gasteiger partial charge in [0.1, 0.15) is 5.82 Å². The third-order valence-electron chi connectivity index (χ3n) is 1.85. The van der Waals surface area contributed by atoms with Crippen LogP contribution in [0.1, 0.15) is 16.6 Å². The van der Waals surface area contributed by atoms with Gasteiger partial charge >= 0.3 is 0 Å². The van der Waals surface area contributed by atoms with Gasteiger partial charge in [-0.3, -0.25) is 4.98 Å². The van der Waals surface area contributed by atoms with Crippen LogP contribution < -0.4 is 5.73 Å². The number of rotatable bonds is 2. The van der Waals surface area contributed by atoms with Crippen molar-refractivity contribution in [1.29, 1.82) is 0 Å². The minimum atomic E-state index is -0.524. The molecule has 0 radical (unpaired) electrons. The van der Waals surface area contributed by atoms with Crippen molar-refractivity contribution in [1.82, 2.24) is 9.36 Å². The van der Waals surface area contributed by atoms with Crippen LogP contribution in [0.15, 0.2) is 30.6 Å². The Bertz CT molecular complexity index is 416. The van der Waals surface area contributed by atoms with Crippen LogP contribution in [0.4, 0.5) is 4.39 Å². The maximum atomic E-state index is 13.3. The van der Waals surface area contributed by atoms with E-state index in [9.17, 15) is 4.39 Å². The van der Waals surface area contributed by atoms with Crippen molar-refractivity contribution in [2.24, 2.45) is 5.73 Å². The maximum absolute atomic E-state index is 13.3. The van der Waals surface area contributed by atoms with Gasteiger partial charge in [-0.15, -0.1) is 0 Å². The van der Waals surface area contributed by atoms with Crippen LogP contribution in [-0.4, -0.2) is 9.36 Å². The van der Waals surface area contributed by atoms with E-state index < -0.39 is 6.04 Å². The molecular weight excluding hydrogens is 201 g/mol. The van der Waals surface area contributed by atoms with E-state index in [4.69, 9.17) is 5.73 Å². The Hall–Kier alpha value is -1.33. The third-order valence-corrected chi connectivity index (χ3v) is 2.67. The molecule has 14 heavy (non-hydrogen) atoms. The Balaban J connectivity index is 2.37. The van der Waals surface area contributed by atoms with Crippen molar-refractivity contribution in [2.45, 2.75) is 6.04 Å². The van der Waals surface area contributed by atoms with E-state index in [0.29, 0.717) is 0 Å². The number of hydrogen-bond donors (Lipinski definition) is 1. The van der Waals surface area contributed by atoms with Gasteiger partial charge in [0, 0.05) is 17.3 Å². The fourth-order valence-electron chi connectivity index (χ4n) is 1.15. The van der Waals surface area contributed by atoms with Crippen molar-refractivity contribution in [2.75, 3.05) is 0 Å². The highest BCUT2D eigenvalue weighted by atomic mass is 32.1. The monoisotopic (exact) mass is 209 g/mol. The lowest BCUT2D eigenvalue weighted by Gasteiger charge is -2.08. The Morgan fingerprint density at radius 2 is 2.21 bits per heavy atom. The quantitative estimate of drug-likeness (QED) is 0.819. The normalized spacial score (nSPS) is 12.7. The minimum Gasteiger partial charge on any atom is -0.318 e. The number of hydrogen-bond acceptors (Lipinski definition) is 4. The molecule has 0 saturated carbocycles. The summed E-state index contributed by atoms with van der Waals surface area (Å²) in [5.74, 6) is -0.381. The highest BCUT2D eigenvalue weighted by Gasteiger charge is 2.15. The summed E-state index contributed by atoms with van der Waals surface area (Å²) < 4.78 is 17.2. The van der Waals surface area contributed by atoms with Crippen LogP contribution in [0.2, 0.25) is 0 Å². The average Bonchev–Trinajstić information content (AvgIpc) is 2.70. The number of nitrogens with zero attached hydrogens (tertiary/aromatic N) is 2. The van der Waals surface area contributed by atoms with Crippen LogP contribution in [0.5, 0.6) is 0 Å². The summed E-state index contributed by atoms with van der Waals surface area (Å²) >= 11 is 1.25. The molecule has 0 aromatic carbocycles. The first-order valence-electron chi connectivity index (χ1n) is 4.05. The zero-order valence-electron chi connectivity index (χ0n) is 7.22. The SMILES string of the molecule is NC(c1ccns1)c1ncccc1F. The molecule has 1 atom stereocenters. The molecule has 0 bridgehead atoms. The summed E-state index contributed by atoms with van der Waals surface area (Å²) in [7, 11) is 0. The molecule has 0 aliphatic carbocycles. The van der Waals surface area contributed by atoms with Crippen LogP contribution >= 0.6 is 11.5 Å². The van der Waals surface area contributed by atoms with E-state index in [1.807, 2.05) is 0 Å². The molecule has 2 heterocycles. The maximum Gasteiger partial charge on any atom is 0.146 e. The molecule has 0 aliphatic rings. The average molecular weight is 209 g/mol. The summed E-state index contributed by atoms with van der Waals surface area (Å²) in [6.07, 6.45) is 3.17. The molecule has 2 N–H and O–H groups in total. The van der Waals surface area contributed by atoms with Gasteiger partial charge in [0.15, 0.2) is 0 Å². The van der Waals surface area contributed by atoms with E-state index in [-0.39, 0.29) is 11.5 Å². The molecule has 1 unspecified atom stereocenters. The summed E-state index contributed by atoms with van der Waals surface area (Å²) in [6, 6.07) is 4.13. The molecule has 0 aliphatic heterocycles. The highest BCUT2D eigenvalue weighted by molar-refractivity contribution is 7.05. The molecule has 2 rings (SSSR count). The van der Waals surface area contributed by atoms with Crippen LogP contribution in [0, 0.1) is 5.82 Å². The molecule has 0 saturated heterocycles. The Morgan fingerprint density at radius 3 is 2.86 bits per heavy atom. The van der Waals surface area contributed by atoms with Crippen molar-refractivity contribution in [3.63, 3.8) is 0 Å². The first-order chi connectivity index (χ1) is 6.79. The van der Waals surface area contributed by atoms with Crippen LogP contribution in [0.3, 0.4) is 0 Å². The molecule has 2 aromatic rings. The number of halogens is 1. The lowest BCUT2D eigenvalue weighted by Crippen LogP contribution is -2.13. The van der Waals surface area contributed by atoms with Gasteiger partial charge in [-0.25, -0.2) is 8.76 Å². The minimum absolute atomic E-state index is 0.261. The molecule has 0 spiro atoms. The Morgan fingerprint density at radius 1 is 1.36 bits per heavy atom. The van der Waals surface area contributed by atoms with Gasteiger partial charge in [0.05, 0.1) is 11.7 Å². The highest BCUT2D eigenvalue weighted by Crippen LogP contribution is 2.21. The first-order valence-corrected chi connectivity index (χ1v) is 4.83. The molecular formula is C9H8FN3S. The standard InChI is InChI=1S/C9H8FN3S/c10-6-2-1-4-12-9(6)8(11)7-3-5-13-14-7/h1-5,8H,11H2. The second kappa shape index (κ2) is 3.81. The summed E-state index contributed by atoms with van der Waals surface area (Å²) in [5, 5.41) is 0. The largest absolute Gasteiger partial charge is 0.318 e. The van der Waals surface area contributed by atoms with Gasteiger partial charge in [-0.05, 0) is 29.7 Å². The summed E-state index contributed by atoms with van der Waals surface area (Å²) in [6.45, 7) is 0. The lowest BCUT2D eigenvalue weighted by atomic mass is 10.1. The molecule has 0 fully saturated rings. The molecule has 2 aromatic heterocycles. The zero-order valence-corrected chi connectivity index (χ0v) is 8.04. The van der Waals surface area contributed by atoms with Gasteiger partial charge in [-0.1, -0.05) is 0 Å². The topological polar surface area (TPSA) is 51.8 Å². The number of pyridine rings is 1. The first kappa shape index (κ1) is 9.23. The van der Waals surface area contributed by atoms with Crippen molar-refractivity contribution >= 4 is 11.5 Å². The van der Waals surface area contributed by atoms with E-state index in [1.54, 1.807) is 12.3 Å². The van der Waals surface area contributed by atoms with Crippen molar-refractivity contribution in [3.05, 3.63) is 47.0 Å². The fourth-order valence-corrected chi connectivity index (χ4v) is 1.74. The zero-order chi connectivity index (χ0) is 9.97. The van der Waals surface area contributed by atoms with Gasteiger partial charge in [-0.2, -0.15) is 0 Å². The number of aromatic nitrogens is 2. The van der Waals surface area contributed by atoms with Gasteiger partial charge in [0.2, 0.25) is 0 Å². The fraction of sp³-hybridized carbons (Fsp3) is 0.111. The molecule has 5 heteroatoms. The Kier molecular flexibility index (Phi) is 2.51. The molecule has 3 nitrogen and oxygen atoms in total. The predicted octanol–water partition coefficient (Wildman–Crippen LogP) is 1.73. The van der Waals surface area contributed by atoms with Crippen LogP contribution in [-0.2, 0) is 0 Å². The second-order valence-electron chi connectivity index (χ2n) is 2.76. The smallest absolute Gasteiger partial charge is 0.146 e. The summed E-state index contributed by atoms with van der Waals surface area (Å²) in [4.78, 5) is 4.72. The van der Waals surface area contributed by atoms with Crippen molar-refractivity contribution in [3.8, 4) is 0 Å². The second-order valence-corrected chi connectivity index (χ2v) is 3.63. The Labute approximate surface area is 84.6 Å². The van der Waals surface area contributed by atoms with E-state index in [1.165, 1.54) is 29.9 Å². The third kappa shape index (κ3) is 1.64.